The molecule has 1 aromatic rings. The molecule has 0 spiro atoms. The summed E-state index contributed by atoms with van der Waals surface area (Å²) < 4.78 is 29.4. The molecular formula is C19H32N4O7S. The van der Waals surface area contributed by atoms with Gasteiger partial charge in [-0.3, -0.25) is 14.4 Å². The van der Waals surface area contributed by atoms with Crippen LogP contribution in [0.1, 0.15) is 51.5 Å². The Balaban J connectivity index is 2.91. The van der Waals surface area contributed by atoms with Crippen molar-refractivity contribution in [3.63, 3.8) is 0 Å². The Bertz CT molecular complexity index is 880. The molecule has 0 aliphatic heterocycles. The van der Waals surface area contributed by atoms with Crippen molar-refractivity contribution >= 4 is 33.6 Å². The highest BCUT2D eigenvalue weighted by atomic mass is 32.2. The Morgan fingerprint density at radius 3 is 2.26 bits per heavy atom. The lowest BCUT2D eigenvalue weighted by molar-refractivity contribution is -0.139. The van der Waals surface area contributed by atoms with Gasteiger partial charge in [-0.05, 0) is 25.2 Å². The van der Waals surface area contributed by atoms with Crippen LogP contribution in [0.2, 0.25) is 0 Å². The number of sulfonamides is 1. The highest BCUT2D eigenvalue weighted by Gasteiger charge is 2.34. The van der Waals surface area contributed by atoms with Gasteiger partial charge in [0.2, 0.25) is 15.9 Å². The zero-order chi connectivity index (χ0) is 23.9. The van der Waals surface area contributed by atoms with E-state index in [1.807, 2.05) is 32.4 Å². The van der Waals surface area contributed by atoms with E-state index in [0.717, 1.165) is 12.5 Å². The van der Waals surface area contributed by atoms with Crippen molar-refractivity contribution in [2.75, 3.05) is 17.5 Å². The molecule has 0 aliphatic carbocycles. The maximum atomic E-state index is 12.7. The Labute approximate surface area is 182 Å². The second kappa shape index (κ2) is 11.2. The maximum Gasteiger partial charge on any atom is 0.309 e. The van der Waals surface area contributed by atoms with Gasteiger partial charge in [0.05, 0.1) is 18.2 Å². The largest absolute Gasteiger partial charge is 0.431 e. The van der Waals surface area contributed by atoms with E-state index in [-0.39, 0.29) is 30.0 Å². The molecule has 0 fully saturated rings. The summed E-state index contributed by atoms with van der Waals surface area (Å²) in [5.41, 5.74) is -0.234. The zero-order valence-electron chi connectivity index (χ0n) is 18.6. The minimum atomic E-state index is -3.64. The van der Waals surface area contributed by atoms with Gasteiger partial charge in [-0.1, -0.05) is 27.7 Å². The van der Waals surface area contributed by atoms with Crippen molar-refractivity contribution in [3.05, 3.63) is 12.0 Å². The number of Topliss-reactive ketones (excluding diaryl/α,β-unsaturated/α-hetero) is 1. The van der Waals surface area contributed by atoms with E-state index in [0.29, 0.717) is 6.54 Å². The molecule has 176 valence electrons. The molecule has 2 amide bonds. The summed E-state index contributed by atoms with van der Waals surface area (Å²) in [6, 6.07) is -1.37. The first-order chi connectivity index (χ1) is 14.2. The molecule has 0 saturated heterocycles. The number of carbonyl (C=O) groups excluding carboxylic acids is 3. The van der Waals surface area contributed by atoms with Gasteiger partial charge in [-0.2, -0.15) is 4.98 Å². The molecule has 12 heteroatoms. The van der Waals surface area contributed by atoms with E-state index in [1.165, 1.54) is 6.92 Å². The Morgan fingerprint density at radius 2 is 1.74 bits per heavy atom. The Kier molecular flexibility index (Phi) is 9.63. The van der Waals surface area contributed by atoms with Gasteiger partial charge in [0.15, 0.2) is 11.5 Å². The van der Waals surface area contributed by atoms with Crippen LogP contribution in [0.25, 0.3) is 0 Å². The number of oxazole rings is 1. The first-order valence-corrected chi connectivity index (χ1v) is 11.8. The van der Waals surface area contributed by atoms with Crippen LogP contribution in [-0.2, 0) is 19.6 Å². The van der Waals surface area contributed by atoms with Crippen molar-refractivity contribution in [3.8, 4) is 0 Å². The minimum absolute atomic E-state index is 0.0117. The molecule has 0 aliphatic rings. The summed E-state index contributed by atoms with van der Waals surface area (Å²) in [4.78, 5) is 41.1. The predicted molar refractivity (Wildman–Crippen MR) is 114 cm³/mol. The van der Waals surface area contributed by atoms with Crippen molar-refractivity contribution < 1.29 is 32.3 Å². The Hall–Kier alpha value is -2.47. The third-order valence-corrected chi connectivity index (χ3v) is 4.77. The highest BCUT2D eigenvalue weighted by molar-refractivity contribution is 7.91. The first kappa shape index (κ1) is 26.6. The van der Waals surface area contributed by atoms with Crippen LogP contribution in [0.15, 0.2) is 10.7 Å². The second-order valence-electron chi connectivity index (χ2n) is 8.33. The van der Waals surface area contributed by atoms with Gasteiger partial charge in [-0.15, -0.1) is 0 Å². The lowest BCUT2D eigenvalue weighted by Gasteiger charge is -2.26. The normalized spacial score (nSPS) is 14.7. The van der Waals surface area contributed by atoms with Gasteiger partial charge in [0.1, 0.15) is 12.4 Å². The van der Waals surface area contributed by atoms with Crippen molar-refractivity contribution in [2.45, 2.75) is 53.2 Å². The van der Waals surface area contributed by atoms with Crippen LogP contribution in [0.5, 0.6) is 0 Å². The topological polar surface area (TPSA) is 168 Å². The molecule has 0 saturated carbocycles. The summed E-state index contributed by atoms with van der Waals surface area (Å²) in [5.74, 6) is -2.86. The van der Waals surface area contributed by atoms with Crippen LogP contribution in [-0.4, -0.2) is 61.1 Å². The van der Waals surface area contributed by atoms with Crippen LogP contribution < -0.4 is 15.4 Å². The average Bonchev–Trinajstić information content (AvgIpc) is 3.09. The third kappa shape index (κ3) is 9.05. The van der Waals surface area contributed by atoms with Crippen LogP contribution in [0.3, 0.4) is 0 Å². The number of nitrogens with zero attached hydrogens (tertiary/aromatic N) is 1. The fourth-order valence-electron chi connectivity index (χ4n) is 2.64. The van der Waals surface area contributed by atoms with E-state index in [1.54, 1.807) is 0 Å². The fraction of sp³-hybridized carbons (Fsp3) is 0.684. The lowest BCUT2D eigenvalue weighted by atomic mass is 9.91. The smallest absolute Gasteiger partial charge is 0.309 e. The molecule has 4 N–H and O–H groups in total. The van der Waals surface area contributed by atoms with Crippen molar-refractivity contribution in [2.24, 2.45) is 17.8 Å². The average molecular weight is 461 g/mol. The molecule has 3 atom stereocenters. The molecule has 11 nitrogen and oxygen atoms in total. The van der Waals surface area contributed by atoms with E-state index >= 15 is 0 Å². The molecule has 0 unspecified atom stereocenters. The first-order valence-electron chi connectivity index (χ1n) is 9.95. The number of aromatic nitrogens is 1. The van der Waals surface area contributed by atoms with Gasteiger partial charge >= 0.3 is 6.01 Å². The predicted octanol–water partition coefficient (Wildman–Crippen LogP) is 0.529. The molecule has 0 aromatic carbocycles. The van der Waals surface area contributed by atoms with E-state index in [9.17, 15) is 27.9 Å². The summed E-state index contributed by atoms with van der Waals surface area (Å²) >= 11 is 0. The van der Waals surface area contributed by atoms with E-state index in [4.69, 9.17) is 4.42 Å². The molecule has 31 heavy (non-hydrogen) atoms. The maximum absolute atomic E-state index is 12.7. The van der Waals surface area contributed by atoms with Crippen LogP contribution in [0.4, 0.5) is 6.01 Å². The van der Waals surface area contributed by atoms with Crippen LogP contribution in [0, 0.1) is 17.8 Å². The lowest BCUT2D eigenvalue weighted by Crippen LogP contribution is -2.51. The number of ketones is 1. The number of rotatable bonds is 12. The van der Waals surface area contributed by atoms with E-state index in [2.05, 4.69) is 15.6 Å². The molecule has 0 bridgehead atoms. The number of hydrogen-bond donors (Lipinski definition) is 4. The summed E-state index contributed by atoms with van der Waals surface area (Å²) in [5, 5.41) is 15.8. The number of aliphatic hydroxyl groups is 1. The van der Waals surface area contributed by atoms with Crippen LogP contribution >= 0.6 is 0 Å². The number of carbonyl (C=O) groups is 3. The standard InChI is InChI=1S/C19H32N4O7S/c1-10(2)7-13(16(25)15(24)12(5)17(26)20-8-11(3)4)21-18(27)14-9-30-19(22-14)23-31(6,28)29/h9-13,16,25H,7-8H2,1-6H3,(H,20,26)(H,21,27)(H,22,23)/t12-,13+,16-/m1/s1. The van der Waals surface area contributed by atoms with Gasteiger partial charge in [0.25, 0.3) is 5.91 Å². The number of nitrogens with one attached hydrogen (secondary N) is 3. The SMILES string of the molecule is CC(C)CNC(=O)[C@H](C)C(=O)[C@H](O)[C@H](CC(C)C)NC(=O)c1coc(NS(C)(=O)=O)n1. The molecule has 1 heterocycles. The highest BCUT2D eigenvalue weighted by Crippen LogP contribution is 2.15. The fourth-order valence-corrected chi connectivity index (χ4v) is 3.05. The second-order valence-corrected chi connectivity index (χ2v) is 10.1. The number of amides is 2. The summed E-state index contributed by atoms with van der Waals surface area (Å²) in [6.45, 7) is 9.32. The summed E-state index contributed by atoms with van der Waals surface area (Å²) in [6.07, 6.45) is 0.485. The van der Waals surface area contributed by atoms with E-state index < -0.39 is 45.7 Å². The molecule has 1 aromatic heterocycles. The molecule has 1 rings (SSSR count). The Morgan fingerprint density at radius 1 is 1.13 bits per heavy atom. The van der Waals surface area contributed by atoms with Gasteiger partial charge in [0, 0.05) is 6.54 Å². The molecule has 0 radical (unpaired) electrons. The van der Waals surface area contributed by atoms with Crippen molar-refractivity contribution in [1.29, 1.82) is 0 Å². The van der Waals surface area contributed by atoms with Gasteiger partial charge in [-0.25, -0.2) is 13.1 Å². The number of anilines is 1. The minimum Gasteiger partial charge on any atom is -0.431 e. The molecular weight excluding hydrogens is 428 g/mol. The van der Waals surface area contributed by atoms with Gasteiger partial charge < -0.3 is 20.2 Å². The number of aliphatic hydroxyl groups excluding tert-OH is 1. The monoisotopic (exact) mass is 460 g/mol. The number of hydrogen-bond acceptors (Lipinski definition) is 8. The zero-order valence-corrected chi connectivity index (χ0v) is 19.4. The third-order valence-electron chi connectivity index (χ3n) is 4.23. The summed E-state index contributed by atoms with van der Waals surface area (Å²) in [7, 11) is -3.64. The quantitative estimate of drug-likeness (QED) is 0.328. The van der Waals surface area contributed by atoms with Crippen molar-refractivity contribution in [1.82, 2.24) is 15.6 Å².